The van der Waals surface area contributed by atoms with Gasteiger partial charge in [-0.3, -0.25) is 0 Å². The normalized spacial score (nSPS) is 14.6. The van der Waals surface area contributed by atoms with Crippen molar-refractivity contribution in [3.63, 3.8) is 0 Å². The molecule has 0 radical (unpaired) electrons. The third-order valence-electron chi connectivity index (χ3n) is 2.68. The molecule has 1 nitrogen and oxygen atoms in total. The molecule has 0 saturated heterocycles. The van der Waals surface area contributed by atoms with Gasteiger partial charge in [-0.15, -0.1) is 11.6 Å². The highest BCUT2D eigenvalue weighted by Gasteiger charge is 2.21. The fourth-order valence-corrected chi connectivity index (χ4v) is 2.85. The van der Waals surface area contributed by atoms with Gasteiger partial charge in [-0.2, -0.15) is 0 Å². The Morgan fingerprint density at radius 1 is 1.44 bits per heavy atom. The van der Waals surface area contributed by atoms with Gasteiger partial charge >= 0.3 is 0 Å². The zero-order valence-electron chi connectivity index (χ0n) is 9.56. The summed E-state index contributed by atoms with van der Waals surface area (Å²) in [7, 11) is 1.64. The highest BCUT2D eigenvalue weighted by molar-refractivity contribution is 9.10. The van der Waals surface area contributed by atoms with Crippen LogP contribution in [0.2, 0.25) is 5.02 Å². The van der Waals surface area contributed by atoms with E-state index in [4.69, 9.17) is 27.9 Å². The minimum atomic E-state index is -0.0880. The van der Waals surface area contributed by atoms with Crippen molar-refractivity contribution in [1.82, 2.24) is 0 Å². The van der Waals surface area contributed by atoms with Crippen LogP contribution in [0.5, 0.6) is 5.75 Å². The molecule has 16 heavy (non-hydrogen) atoms. The average Bonchev–Trinajstić information content (AvgIpc) is 2.26. The third kappa shape index (κ3) is 3.06. The van der Waals surface area contributed by atoms with Gasteiger partial charge in [0.15, 0.2) is 0 Å². The van der Waals surface area contributed by atoms with E-state index >= 15 is 0 Å². The van der Waals surface area contributed by atoms with Gasteiger partial charge in [-0.25, -0.2) is 0 Å². The first kappa shape index (κ1) is 14.1. The van der Waals surface area contributed by atoms with Gasteiger partial charge in [0.25, 0.3) is 0 Å². The van der Waals surface area contributed by atoms with E-state index in [9.17, 15) is 0 Å². The number of hydrogen-bond acceptors (Lipinski definition) is 1. The molecule has 0 bridgehead atoms. The van der Waals surface area contributed by atoms with Gasteiger partial charge in [0.05, 0.1) is 17.0 Å². The molecule has 0 aliphatic heterocycles. The number of ether oxygens (including phenoxy) is 1. The van der Waals surface area contributed by atoms with Crippen LogP contribution in [0.1, 0.15) is 31.2 Å². The summed E-state index contributed by atoms with van der Waals surface area (Å²) >= 11 is 15.9. The molecule has 4 heteroatoms. The molecule has 0 saturated carbocycles. The summed E-state index contributed by atoms with van der Waals surface area (Å²) in [6, 6.07) is 3.68. The van der Waals surface area contributed by atoms with Crippen molar-refractivity contribution in [2.75, 3.05) is 7.11 Å². The van der Waals surface area contributed by atoms with Crippen LogP contribution in [-0.2, 0) is 0 Å². The molecule has 1 rings (SSSR count). The Labute approximate surface area is 115 Å². The first-order valence-electron chi connectivity index (χ1n) is 5.18. The van der Waals surface area contributed by atoms with Crippen LogP contribution in [0.3, 0.4) is 0 Å². The molecule has 2 atom stereocenters. The minimum Gasteiger partial charge on any atom is -0.495 e. The molecule has 0 aromatic heterocycles. The maximum atomic E-state index is 6.43. The highest BCUT2D eigenvalue weighted by atomic mass is 79.9. The highest BCUT2D eigenvalue weighted by Crippen LogP contribution is 2.41. The minimum absolute atomic E-state index is 0.0880. The van der Waals surface area contributed by atoms with Gasteiger partial charge in [0.2, 0.25) is 0 Å². The summed E-state index contributed by atoms with van der Waals surface area (Å²) < 4.78 is 6.20. The van der Waals surface area contributed by atoms with Crippen molar-refractivity contribution < 1.29 is 4.74 Å². The number of hydrogen-bond donors (Lipinski definition) is 0. The smallest absolute Gasteiger partial charge is 0.137 e. The third-order valence-corrected chi connectivity index (χ3v) is 4.15. The van der Waals surface area contributed by atoms with Crippen LogP contribution in [0.25, 0.3) is 0 Å². The van der Waals surface area contributed by atoms with Crippen molar-refractivity contribution in [1.29, 1.82) is 0 Å². The fourth-order valence-electron chi connectivity index (χ4n) is 1.51. The first-order valence-corrected chi connectivity index (χ1v) is 6.79. The fraction of sp³-hybridized carbons (Fsp3) is 0.500. The van der Waals surface area contributed by atoms with Crippen molar-refractivity contribution in [3.8, 4) is 5.75 Å². The lowest BCUT2D eigenvalue weighted by Gasteiger charge is -2.20. The van der Waals surface area contributed by atoms with Crippen LogP contribution in [0.15, 0.2) is 16.6 Å². The molecular formula is C12H15BrCl2O. The van der Waals surface area contributed by atoms with Gasteiger partial charge < -0.3 is 4.74 Å². The molecule has 0 heterocycles. The van der Waals surface area contributed by atoms with E-state index in [2.05, 4.69) is 29.8 Å². The van der Waals surface area contributed by atoms with E-state index in [1.807, 2.05) is 12.1 Å². The zero-order chi connectivity index (χ0) is 12.3. The molecule has 90 valence electrons. The van der Waals surface area contributed by atoms with E-state index in [-0.39, 0.29) is 5.38 Å². The van der Waals surface area contributed by atoms with Crippen molar-refractivity contribution >= 4 is 39.1 Å². The Kier molecular flexibility index (Phi) is 5.42. The Bertz CT molecular complexity index is 368. The zero-order valence-corrected chi connectivity index (χ0v) is 12.7. The SMILES string of the molecule is CCC(C)C(Cl)c1cc(Cl)cc(Br)c1OC. The number of methoxy groups -OCH3 is 1. The van der Waals surface area contributed by atoms with E-state index < -0.39 is 0 Å². The number of alkyl halides is 1. The van der Waals surface area contributed by atoms with Crippen LogP contribution >= 0.6 is 39.1 Å². The summed E-state index contributed by atoms with van der Waals surface area (Å²) in [4.78, 5) is 0. The van der Waals surface area contributed by atoms with Crippen molar-refractivity contribution in [2.45, 2.75) is 25.6 Å². The largest absolute Gasteiger partial charge is 0.495 e. The molecule has 0 aliphatic rings. The number of benzene rings is 1. The second-order valence-electron chi connectivity index (χ2n) is 3.80. The summed E-state index contributed by atoms with van der Waals surface area (Å²) in [5.74, 6) is 1.14. The summed E-state index contributed by atoms with van der Waals surface area (Å²) in [6.45, 7) is 4.23. The Hall–Kier alpha value is 0.0800. The predicted octanol–water partition coefficient (Wildman–Crippen LogP) is 5.44. The van der Waals surface area contributed by atoms with E-state index in [0.717, 1.165) is 22.2 Å². The second-order valence-corrected chi connectivity index (χ2v) is 5.56. The Balaban J connectivity index is 3.20. The van der Waals surface area contributed by atoms with E-state index in [0.29, 0.717) is 10.9 Å². The van der Waals surface area contributed by atoms with E-state index in [1.165, 1.54) is 0 Å². The molecule has 2 unspecified atom stereocenters. The molecular weight excluding hydrogens is 311 g/mol. The molecule has 0 amide bonds. The van der Waals surface area contributed by atoms with Crippen LogP contribution < -0.4 is 4.74 Å². The van der Waals surface area contributed by atoms with Crippen LogP contribution in [0.4, 0.5) is 0 Å². The molecule has 1 aromatic carbocycles. The molecule has 0 fully saturated rings. The summed E-state index contributed by atoms with van der Waals surface area (Å²) in [6.07, 6.45) is 1.02. The topological polar surface area (TPSA) is 9.23 Å². The number of rotatable bonds is 4. The van der Waals surface area contributed by atoms with Gasteiger partial charge in [-0.1, -0.05) is 31.9 Å². The standard InChI is InChI=1S/C12H15BrCl2O/c1-4-7(2)11(15)9-5-8(14)6-10(13)12(9)16-3/h5-7,11H,4H2,1-3H3. The predicted molar refractivity (Wildman–Crippen MR) is 73.8 cm³/mol. The molecule has 0 N–H and O–H groups in total. The average molecular weight is 326 g/mol. The Morgan fingerprint density at radius 3 is 2.56 bits per heavy atom. The molecule has 0 spiro atoms. The second kappa shape index (κ2) is 6.13. The summed E-state index contributed by atoms with van der Waals surface area (Å²) in [5.41, 5.74) is 0.942. The van der Waals surface area contributed by atoms with Gasteiger partial charge in [0, 0.05) is 10.6 Å². The van der Waals surface area contributed by atoms with Gasteiger partial charge in [-0.05, 0) is 34.0 Å². The maximum Gasteiger partial charge on any atom is 0.137 e. The number of halogens is 3. The van der Waals surface area contributed by atoms with Crippen LogP contribution in [0, 0.1) is 5.92 Å². The Morgan fingerprint density at radius 2 is 2.06 bits per heavy atom. The van der Waals surface area contributed by atoms with E-state index in [1.54, 1.807) is 7.11 Å². The monoisotopic (exact) mass is 324 g/mol. The molecule has 0 aliphatic carbocycles. The molecule has 1 aromatic rings. The van der Waals surface area contributed by atoms with Crippen molar-refractivity contribution in [2.24, 2.45) is 5.92 Å². The summed E-state index contributed by atoms with van der Waals surface area (Å²) in [5, 5.41) is 0.576. The van der Waals surface area contributed by atoms with Crippen molar-refractivity contribution in [3.05, 3.63) is 27.2 Å². The lowest BCUT2D eigenvalue weighted by molar-refractivity contribution is 0.400. The van der Waals surface area contributed by atoms with Crippen LogP contribution in [-0.4, -0.2) is 7.11 Å². The lowest BCUT2D eigenvalue weighted by atomic mass is 9.97. The van der Waals surface area contributed by atoms with Gasteiger partial charge in [0.1, 0.15) is 5.75 Å². The quantitative estimate of drug-likeness (QED) is 0.670. The lowest BCUT2D eigenvalue weighted by Crippen LogP contribution is -2.05. The maximum absolute atomic E-state index is 6.43. The first-order chi connectivity index (χ1) is 7.51.